The van der Waals surface area contributed by atoms with Crippen LogP contribution in [-0.2, 0) is 0 Å². The number of hydrogen-bond acceptors (Lipinski definition) is 3. The van der Waals surface area contributed by atoms with Crippen LogP contribution >= 0.6 is 23.2 Å². The van der Waals surface area contributed by atoms with E-state index in [-0.39, 0.29) is 6.04 Å². The zero-order chi connectivity index (χ0) is 13.1. The second-order valence-electron chi connectivity index (χ2n) is 4.03. The first-order valence-electron chi connectivity index (χ1n) is 5.57. The maximum atomic E-state index is 6.16. The molecule has 1 N–H and O–H groups in total. The quantitative estimate of drug-likeness (QED) is 0.854. The molecule has 0 spiro atoms. The third-order valence-electron chi connectivity index (χ3n) is 2.75. The highest BCUT2D eigenvalue weighted by atomic mass is 35.5. The number of benzene rings is 1. The number of aromatic nitrogens is 2. The lowest BCUT2D eigenvalue weighted by atomic mass is 10.1. The first kappa shape index (κ1) is 13.1. The molecule has 1 unspecified atom stereocenters. The standard InChI is InChI=1S/C13H13Cl2N3/c1-8-12(15)16-7-17-13(8)18-9(2)10-5-3-4-6-11(10)14/h3-7,9H,1-2H3,(H,16,17,18). The van der Waals surface area contributed by atoms with E-state index in [1.54, 1.807) is 0 Å². The summed E-state index contributed by atoms with van der Waals surface area (Å²) in [6, 6.07) is 7.76. The minimum Gasteiger partial charge on any atom is -0.363 e. The molecule has 18 heavy (non-hydrogen) atoms. The van der Waals surface area contributed by atoms with Crippen LogP contribution < -0.4 is 5.32 Å². The Morgan fingerprint density at radius 1 is 1.17 bits per heavy atom. The monoisotopic (exact) mass is 281 g/mol. The van der Waals surface area contributed by atoms with Crippen molar-refractivity contribution in [2.24, 2.45) is 0 Å². The summed E-state index contributed by atoms with van der Waals surface area (Å²) in [5.74, 6) is 0.724. The highest BCUT2D eigenvalue weighted by Crippen LogP contribution is 2.27. The number of nitrogens with one attached hydrogen (secondary N) is 1. The molecule has 2 rings (SSSR count). The fourth-order valence-corrected chi connectivity index (χ4v) is 2.12. The molecule has 1 atom stereocenters. The molecule has 0 amide bonds. The zero-order valence-electron chi connectivity index (χ0n) is 10.1. The number of nitrogens with zero attached hydrogens (tertiary/aromatic N) is 2. The lowest BCUT2D eigenvalue weighted by molar-refractivity contribution is 0.868. The van der Waals surface area contributed by atoms with Crippen molar-refractivity contribution in [1.29, 1.82) is 0 Å². The second kappa shape index (κ2) is 5.55. The fraction of sp³-hybridized carbons (Fsp3) is 0.231. The molecule has 1 heterocycles. The van der Waals surface area contributed by atoms with Gasteiger partial charge >= 0.3 is 0 Å². The van der Waals surface area contributed by atoms with Crippen molar-refractivity contribution in [3.63, 3.8) is 0 Å². The highest BCUT2D eigenvalue weighted by molar-refractivity contribution is 6.31. The molecular weight excluding hydrogens is 269 g/mol. The average Bonchev–Trinajstić information content (AvgIpc) is 2.35. The van der Waals surface area contributed by atoms with Gasteiger partial charge in [0.1, 0.15) is 17.3 Å². The Morgan fingerprint density at radius 2 is 1.89 bits per heavy atom. The summed E-state index contributed by atoms with van der Waals surface area (Å²) in [5, 5.41) is 4.48. The number of hydrogen-bond donors (Lipinski definition) is 1. The van der Waals surface area contributed by atoms with Gasteiger partial charge in [0.15, 0.2) is 0 Å². The van der Waals surface area contributed by atoms with Crippen LogP contribution in [-0.4, -0.2) is 9.97 Å². The molecule has 0 aliphatic rings. The Bertz CT molecular complexity index is 558. The van der Waals surface area contributed by atoms with Crippen LogP contribution in [0.4, 0.5) is 5.82 Å². The summed E-state index contributed by atoms with van der Waals surface area (Å²) in [7, 11) is 0. The van der Waals surface area contributed by atoms with E-state index in [0.717, 1.165) is 22.0 Å². The molecule has 5 heteroatoms. The van der Waals surface area contributed by atoms with Crippen molar-refractivity contribution in [1.82, 2.24) is 9.97 Å². The Kier molecular flexibility index (Phi) is 4.04. The molecule has 0 bridgehead atoms. The Hall–Kier alpha value is -1.32. The Balaban J connectivity index is 2.24. The fourth-order valence-electron chi connectivity index (χ4n) is 1.68. The molecule has 3 nitrogen and oxygen atoms in total. The van der Waals surface area contributed by atoms with Gasteiger partial charge in [-0.3, -0.25) is 0 Å². The molecule has 0 radical (unpaired) electrons. The predicted octanol–water partition coefficient (Wildman–Crippen LogP) is 4.26. The van der Waals surface area contributed by atoms with Crippen molar-refractivity contribution in [3.8, 4) is 0 Å². The minimum atomic E-state index is 0.0448. The van der Waals surface area contributed by atoms with E-state index in [0.29, 0.717) is 5.15 Å². The topological polar surface area (TPSA) is 37.8 Å². The molecule has 1 aromatic carbocycles. The van der Waals surface area contributed by atoms with Gasteiger partial charge in [-0.15, -0.1) is 0 Å². The van der Waals surface area contributed by atoms with Crippen LogP contribution in [0.2, 0.25) is 10.2 Å². The molecule has 1 aromatic heterocycles. The van der Waals surface area contributed by atoms with E-state index < -0.39 is 0 Å². The zero-order valence-corrected chi connectivity index (χ0v) is 11.6. The van der Waals surface area contributed by atoms with Gasteiger partial charge in [-0.05, 0) is 25.5 Å². The summed E-state index contributed by atoms with van der Waals surface area (Å²) in [6.45, 7) is 3.90. The largest absolute Gasteiger partial charge is 0.363 e. The van der Waals surface area contributed by atoms with Gasteiger partial charge in [0, 0.05) is 10.6 Å². The van der Waals surface area contributed by atoms with E-state index in [1.165, 1.54) is 6.33 Å². The second-order valence-corrected chi connectivity index (χ2v) is 4.79. The maximum absolute atomic E-state index is 6.16. The molecule has 2 aromatic rings. The summed E-state index contributed by atoms with van der Waals surface area (Å²) < 4.78 is 0. The first-order chi connectivity index (χ1) is 8.59. The van der Waals surface area contributed by atoms with Gasteiger partial charge in [0.2, 0.25) is 0 Å². The SMILES string of the molecule is Cc1c(Cl)ncnc1NC(C)c1ccccc1Cl. The van der Waals surface area contributed by atoms with Crippen molar-refractivity contribution >= 4 is 29.0 Å². The third-order valence-corrected chi connectivity index (χ3v) is 3.47. The van der Waals surface area contributed by atoms with Crippen LogP contribution in [0.5, 0.6) is 0 Å². The lowest BCUT2D eigenvalue weighted by Crippen LogP contribution is -2.10. The summed E-state index contributed by atoms with van der Waals surface area (Å²) in [6.07, 6.45) is 1.44. The van der Waals surface area contributed by atoms with Crippen molar-refractivity contribution in [2.75, 3.05) is 5.32 Å². The summed E-state index contributed by atoms with van der Waals surface area (Å²) in [4.78, 5) is 8.11. The molecular formula is C13H13Cl2N3. The van der Waals surface area contributed by atoms with E-state index in [9.17, 15) is 0 Å². The molecule has 0 saturated carbocycles. The smallest absolute Gasteiger partial charge is 0.137 e. The summed E-state index contributed by atoms with van der Waals surface area (Å²) >= 11 is 12.1. The summed E-state index contributed by atoms with van der Waals surface area (Å²) in [5.41, 5.74) is 1.85. The maximum Gasteiger partial charge on any atom is 0.137 e. The van der Waals surface area contributed by atoms with Crippen molar-refractivity contribution in [3.05, 3.63) is 51.9 Å². The number of rotatable bonds is 3. The van der Waals surface area contributed by atoms with E-state index in [4.69, 9.17) is 23.2 Å². The van der Waals surface area contributed by atoms with Gasteiger partial charge in [-0.2, -0.15) is 0 Å². The van der Waals surface area contributed by atoms with Crippen LogP contribution in [0, 0.1) is 6.92 Å². The van der Waals surface area contributed by atoms with Crippen LogP contribution in [0.3, 0.4) is 0 Å². The third kappa shape index (κ3) is 2.74. The van der Waals surface area contributed by atoms with Crippen molar-refractivity contribution in [2.45, 2.75) is 19.9 Å². The predicted molar refractivity (Wildman–Crippen MR) is 75.3 cm³/mol. The number of halogens is 2. The minimum absolute atomic E-state index is 0.0448. The lowest BCUT2D eigenvalue weighted by Gasteiger charge is -2.17. The normalized spacial score (nSPS) is 12.2. The first-order valence-corrected chi connectivity index (χ1v) is 6.33. The number of anilines is 1. The molecule has 0 aliphatic carbocycles. The molecule has 0 fully saturated rings. The van der Waals surface area contributed by atoms with Gasteiger partial charge in [0.25, 0.3) is 0 Å². The van der Waals surface area contributed by atoms with E-state index in [1.807, 2.05) is 38.1 Å². The van der Waals surface area contributed by atoms with Crippen LogP contribution in [0.1, 0.15) is 24.1 Å². The Labute approximate surface area is 116 Å². The van der Waals surface area contributed by atoms with Gasteiger partial charge in [-0.1, -0.05) is 41.4 Å². The van der Waals surface area contributed by atoms with E-state index >= 15 is 0 Å². The Morgan fingerprint density at radius 3 is 2.61 bits per heavy atom. The van der Waals surface area contributed by atoms with Gasteiger partial charge < -0.3 is 5.32 Å². The highest BCUT2D eigenvalue weighted by Gasteiger charge is 2.12. The van der Waals surface area contributed by atoms with Crippen LogP contribution in [0.25, 0.3) is 0 Å². The van der Waals surface area contributed by atoms with Crippen molar-refractivity contribution < 1.29 is 0 Å². The molecule has 94 valence electrons. The molecule has 0 aliphatic heterocycles. The van der Waals surface area contributed by atoms with Gasteiger partial charge in [0.05, 0.1) is 6.04 Å². The molecule has 0 saturated heterocycles. The van der Waals surface area contributed by atoms with Gasteiger partial charge in [-0.25, -0.2) is 9.97 Å². The van der Waals surface area contributed by atoms with E-state index in [2.05, 4.69) is 15.3 Å². The van der Waals surface area contributed by atoms with Crippen LogP contribution in [0.15, 0.2) is 30.6 Å². The average molecular weight is 282 g/mol.